The Morgan fingerprint density at radius 2 is 2.00 bits per heavy atom. The van der Waals surface area contributed by atoms with E-state index in [0.29, 0.717) is 18.6 Å². The number of likely N-dealkylation sites (tertiary alicyclic amines) is 1. The molecule has 2 heterocycles. The number of nitrogens with zero attached hydrogens (tertiary/aromatic N) is 3. The van der Waals surface area contributed by atoms with Crippen molar-refractivity contribution < 1.29 is 5.11 Å². The molecule has 3 N–H and O–H groups in total. The van der Waals surface area contributed by atoms with E-state index >= 15 is 0 Å². The standard InChI is InChI=1S/C14H25N5O/c1-11(2)19-6-3-12(4-7-19)18-14-9-13(15-5-8-20)16-10-17-14/h9-12,20H,3-8H2,1-2H3,(H2,15,16,17,18). The van der Waals surface area contributed by atoms with Gasteiger partial charge >= 0.3 is 0 Å². The maximum Gasteiger partial charge on any atom is 0.131 e. The van der Waals surface area contributed by atoms with E-state index in [1.807, 2.05) is 6.07 Å². The second kappa shape index (κ2) is 7.40. The molecule has 1 aromatic rings. The minimum absolute atomic E-state index is 0.0976. The van der Waals surface area contributed by atoms with Crippen molar-refractivity contribution in [1.82, 2.24) is 14.9 Å². The third-order valence-corrected chi connectivity index (χ3v) is 3.70. The Labute approximate surface area is 120 Å². The molecule has 1 saturated heterocycles. The van der Waals surface area contributed by atoms with Crippen LogP contribution in [0.15, 0.2) is 12.4 Å². The molecule has 0 saturated carbocycles. The van der Waals surface area contributed by atoms with E-state index in [1.54, 1.807) is 6.33 Å². The van der Waals surface area contributed by atoms with Crippen LogP contribution in [-0.2, 0) is 0 Å². The van der Waals surface area contributed by atoms with Crippen molar-refractivity contribution in [1.29, 1.82) is 0 Å². The monoisotopic (exact) mass is 279 g/mol. The fourth-order valence-electron chi connectivity index (χ4n) is 2.49. The van der Waals surface area contributed by atoms with E-state index in [0.717, 1.165) is 37.6 Å². The number of piperidine rings is 1. The topological polar surface area (TPSA) is 73.3 Å². The van der Waals surface area contributed by atoms with Gasteiger partial charge in [0.1, 0.15) is 18.0 Å². The summed E-state index contributed by atoms with van der Waals surface area (Å²) in [5.74, 6) is 1.60. The quantitative estimate of drug-likeness (QED) is 0.726. The van der Waals surface area contributed by atoms with Gasteiger partial charge in [0, 0.05) is 37.8 Å². The summed E-state index contributed by atoms with van der Waals surface area (Å²) in [6.45, 7) is 7.37. The molecule has 0 spiro atoms. The normalized spacial score (nSPS) is 17.4. The van der Waals surface area contributed by atoms with Gasteiger partial charge in [0.2, 0.25) is 0 Å². The van der Waals surface area contributed by atoms with Crippen LogP contribution in [0.4, 0.5) is 11.6 Å². The third-order valence-electron chi connectivity index (χ3n) is 3.70. The molecule has 0 bridgehead atoms. The lowest BCUT2D eigenvalue weighted by atomic mass is 10.0. The zero-order valence-corrected chi connectivity index (χ0v) is 12.3. The molecule has 0 atom stereocenters. The molecule has 0 aliphatic carbocycles. The van der Waals surface area contributed by atoms with Gasteiger partial charge in [-0.2, -0.15) is 0 Å². The first kappa shape index (κ1) is 15.0. The summed E-state index contributed by atoms with van der Waals surface area (Å²) in [7, 11) is 0. The molecule has 112 valence electrons. The van der Waals surface area contributed by atoms with Crippen molar-refractivity contribution in [2.45, 2.75) is 38.8 Å². The summed E-state index contributed by atoms with van der Waals surface area (Å²) in [5, 5.41) is 15.3. The number of aliphatic hydroxyl groups is 1. The van der Waals surface area contributed by atoms with Crippen molar-refractivity contribution in [3.05, 3.63) is 12.4 Å². The van der Waals surface area contributed by atoms with Crippen LogP contribution in [0.1, 0.15) is 26.7 Å². The Balaban J connectivity index is 1.84. The molecule has 6 nitrogen and oxygen atoms in total. The molecule has 0 amide bonds. The van der Waals surface area contributed by atoms with E-state index in [2.05, 4.69) is 39.3 Å². The molecule has 1 aromatic heterocycles. The summed E-state index contributed by atoms with van der Waals surface area (Å²) in [5.41, 5.74) is 0. The first-order valence-corrected chi connectivity index (χ1v) is 7.36. The second-order valence-electron chi connectivity index (χ2n) is 5.49. The highest BCUT2D eigenvalue weighted by Gasteiger charge is 2.20. The number of rotatable bonds is 6. The fraction of sp³-hybridized carbons (Fsp3) is 0.714. The van der Waals surface area contributed by atoms with Crippen molar-refractivity contribution in [3.63, 3.8) is 0 Å². The molecule has 6 heteroatoms. The van der Waals surface area contributed by atoms with Crippen LogP contribution in [-0.4, -0.2) is 58.3 Å². The van der Waals surface area contributed by atoms with Crippen LogP contribution < -0.4 is 10.6 Å². The minimum Gasteiger partial charge on any atom is -0.395 e. The van der Waals surface area contributed by atoms with Gasteiger partial charge in [-0.15, -0.1) is 0 Å². The van der Waals surface area contributed by atoms with E-state index in [4.69, 9.17) is 5.11 Å². The van der Waals surface area contributed by atoms with Crippen molar-refractivity contribution in [2.75, 3.05) is 36.9 Å². The molecule has 0 radical (unpaired) electrons. The minimum atomic E-state index is 0.0976. The summed E-state index contributed by atoms with van der Waals surface area (Å²) in [6.07, 6.45) is 3.83. The highest BCUT2D eigenvalue weighted by atomic mass is 16.3. The number of hydrogen-bond acceptors (Lipinski definition) is 6. The lowest BCUT2D eigenvalue weighted by Gasteiger charge is -2.35. The number of hydrogen-bond donors (Lipinski definition) is 3. The summed E-state index contributed by atoms with van der Waals surface area (Å²) in [6, 6.07) is 3.00. The Morgan fingerprint density at radius 1 is 1.30 bits per heavy atom. The SMILES string of the molecule is CC(C)N1CCC(Nc2cc(NCCO)ncn2)CC1. The summed E-state index contributed by atoms with van der Waals surface area (Å²) in [4.78, 5) is 10.9. The molecular weight excluding hydrogens is 254 g/mol. The summed E-state index contributed by atoms with van der Waals surface area (Å²) >= 11 is 0. The van der Waals surface area contributed by atoms with Crippen LogP contribution >= 0.6 is 0 Å². The van der Waals surface area contributed by atoms with E-state index in [-0.39, 0.29) is 6.61 Å². The number of anilines is 2. The lowest BCUT2D eigenvalue weighted by Crippen LogP contribution is -2.42. The smallest absolute Gasteiger partial charge is 0.131 e. The van der Waals surface area contributed by atoms with Gasteiger partial charge in [0.15, 0.2) is 0 Å². The van der Waals surface area contributed by atoms with Gasteiger partial charge in [0.25, 0.3) is 0 Å². The molecule has 20 heavy (non-hydrogen) atoms. The lowest BCUT2D eigenvalue weighted by molar-refractivity contribution is 0.177. The molecular formula is C14H25N5O. The third kappa shape index (κ3) is 4.31. The van der Waals surface area contributed by atoms with Crippen LogP contribution in [0.5, 0.6) is 0 Å². The van der Waals surface area contributed by atoms with E-state index < -0.39 is 0 Å². The molecule has 1 aliphatic heterocycles. The van der Waals surface area contributed by atoms with Gasteiger partial charge in [0.05, 0.1) is 6.61 Å². The predicted octanol–water partition coefficient (Wildman–Crippen LogP) is 1.17. The van der Waals surface area contributed by atoms with Gasteiger partial charge in [-0.1, -0.05) is 0 Å². The van der Waals surface area contributed by atoms with Crippen LogP contribution in [0, 0.1) is 0 Å². The van der Waals surface area contributed by atoms with Crippen LogP contribution in [0.2, 0.25) is 0 Å². The maximum atomic E-state index is 8.80. The Hall–Kier alpha value is -1.40. The van der Waals surface area contributed by atoms with Crippen LogP contribution in [0.25, 0.3) is 0 Å². The van der Waals surface area contributed by atoms with Gasteiger partial charge in [-0.3, -0.25) is 0 Å². The average molecular weight is 279 g/mol. The molecule has 0 aromatic carbocycles. The first-order chi connectivity index (χ1) is 9.69. The van der Waals surface area contributed by atoms with Crippen molar-refractivity contribution in [3.8, 4) is 0 Å². The second-order valence-corrected chi connectivity index (χ2v) is 5.49. The predicted molar refractivity (Wildman–Crippen MR) is 81.0 cm³/mol. The van der Waals surface area contributed by atoms with E-state index in [9.17, 15) is 0 Å². The highest BCUT2D eigenvalue weighted by molar-refractivity contribution is 5.46. The van der Waals surface area contributed by atoms with E-state index in [1.165, 1.54) is 0 Å². The maximum absolute atomic E-state index is 8.80. The summed E-state index contributed by atoms with van der Waals surface area (Å²) < 4.78 is 0. The highest BCUT2D eigenvalue weighted by Crippen LogP contribution is 2.17. The Morgan fingerprint density at radius 3 is 2.65 bits per heavy atom. The first-order valence-electron chi connectivity index (χ1n) is 7.36. The molecule has 1 fully saturated rings. The van der Waals surface area contributed by atoms with Gasteiger partial charge in [-0.05, 0) is 26.7 Å². The number of aliphatic hydroxyl groups excluding tert-OH is 1. The van der Waals surface area contributed by atoms with Crippen molar-refractivity contribution in [2.24, 2.45) is 0 Å². The van der Waals surface area contributed by atoms with Crippen molar-refractivity contribution >= 4 is 11.6 Å². The van der Waals surface area contributed by atoms with Crippen LogP contribution in [0.3, 0.4) is 0 Å². The largest absolute Gasteiger partial charge is 0.395 e. The molecule has 1 aliphatic rings. The zero-order valence-electron chi connectivity index (χ0n) is 12.3. The molecule has 0 unspecified atom stereocenters. The number of nitrogens with one attached hydrogen (secondary N) is 2. The van der Waals surface area contributed by atoms with Gasteiger partial charge < -0.3 is 20.6 Å². The Kier molecular flexibility index (Phi) is 5.55. The fourth-order valence-corrected chi connectivity index (χ4v) is 2.49. The van der Waals surface area contributed by atoms with Gasteiger partial charge in [-0.25, -0.2) is 9.97 Å². The Bertz CT molecular complexity index is 404. The average Bonchev–Trinajstić information content (AvgIpc) is 2.46. The zero-order chi connectivity index (χ0) is 14.4. The molecule has 2 rings (SSSR count). The number of aromatic nitrogens is 2.